The Kier molecular flexibility index (Phi) is 5.10. The number of carbonyl (C=O) groups is 1. The van der Waals surface area contributed by atoms with Gasteiger partial charge in [-0.15, -0.1) is 5.10 Å². The Morgan fingerprint density at radius 3 is 3.12 bits per heavy atom. The van der Waals surface area contributed by atoms with Crippen molar-refractivity contribution >= 4 is 5.91 Å². The summed E-state index contributed by atoms with van der Waals surface area (Å²) < 4.78 is 6.24. The Morgan fingerprint density at radius 2 is 2.53 bits per heavy atom. The zero-order chi connectivity index (χ0) is 12.7. The molecule has 0 aliphatic carbocycles. The van der Waals surface area contributed by atoms with E-state index in [4.69, 9.17) is 10.00 Å². The highest BCUT2D eigenvalue weighted by molar-refractivity contribution is 5.79. The van der Waals surface area contributed by atoms with E-state index in [-0.39, 0.29) is 11.7 Å². The lowest BCUT2D eigenvalue weighted by Gasteiger charge is -2.11. The Morgan fingerprint density at radius 1 is 1.76 bits per heavy atom. The summed E-state index contributed by atoms with van der Waals surface area (Å²) in [7, 11) is 1.61. The fourth-order valence-corrected chi connectivity index (χ4v) is 1.21. The van der Waals surface area contributed by atoms with E-state index in [1.165, 1.54) is 11.0 Å². The third kappa shape index (κ3) is 3.85. The number of aromatic nitrogens is 3. The van der Waals surface area contributed by atoms with Crippen LogP contribution in [0.1, 0.15) is 25.2 Å². The van der Waals surface area contributed by atoms with Gasteiger partial charge in [-0.1, -0.05) is 0 Å². The number of methoxy groups -OCH3 is 1. The van der Waals surface area contributed by atoms with Crippen LogP contribution in [0.5, 0.6) is 0 Å². The van der Waals surface area contributed by atoms with E-state index in [0.717, 1.165) is 6.42 Å². The van der Waals surface area contributed by atoms with Gasteiger partial charge in [-0.05, 0) is 13.3 Å². The Balaban J connectivity index is 2.44. The molecule has 0 aliphatic rings. The second-order valence-electron chi connectivity index (χ2n) is 3.47. The first-order valence-electron chi connectivity index (χ1n) is 5.27. The van der Waals surface area contributed by atoms with E-state index >= 15 is 0 Å². The van der Waals surface area contributed by atoms with E-state index < -0.39 is 6.04 Å². The molecule has 7 nitrogen and oxygen atoms in total. The number of hydrogen-bond acceptors (Lipinski definition) is 5. The van der Waals surface area contributed by atoms with Crippen LogP contribution < -0.4 is 5.32 Å². The van der Waals surface area contributed by atoms with E-state index in [2.05, 4.69) is 15.4 Å². The molecule has 1 unspecified atom stereocenters. The number of rotatable bonds is 6. The lowest BCUT2D eigenvalue weighted by molar-refractivity contribution is -0.124. The van der Waals surface area contributed by atoms with Crippen LogP contribution in [0.4, 0.5) is 0 Å². The molecule has 1 rings (SSSR count). The van der Waals surface area contributed by atoms with Crippen molar-refractivity contribution in [3.8, 4) is 6.07 Å². The maximum atomic E-state index is 11.7. The van der Waals surface area contributed by atoms with Crippen molar-refractivity contribution in [2.24, 2.45) is 0 Å². The monoisotopic (exact) mass is 237 g/mol. The summed E-state index contributed by atoms with van der Waals surface area (Å²) in [6.45, 7) is 2.86. The SMILES string of the molecule is COCCCNC(=O)C(C)n1cnc(C#N)n1. The lowest BCUT2D eigenvalue weighted by atomic mass is 10.3. The second-order valence-corrected chi connectivity index (χ2v) is 3.47. The Bertz CT molecular complexity index is 409. The molecule has 1 aromatic rings. The van der Waals surface area contributed by atoms with Gasteiger partial charge in [-0.25, -0.2) is 9.67 Å². The average Bonchev–Trinajstić information content (AvgIpc) is 2.82. The summed E-state index contributed by atoms with van der Waals surface area (Å²) in [4.78, 5) is 15.4. The molecule has 17 heavy (non-hydrogen) atoms. The standard InChI is InChI=1S/C10H15N5O2/c1-8(10(16)12-4-3-5-17-2)15-7-13-9(6-11)14-15/h7-8H,3-5H2,1-2H3,(H,12,16). The van der Waals surface area contributed by atoms with Gasteiger partial charge >= 0.3 is 0 Å². The predicted octanol–water partition coefficient (Wildman–Crippen LogP) is -0.137. The van der Waals surface area contributed by atoms with Gasteiger partial charge in [0.25, 0.3) is 5.82 Å². The van der Waals surface area contributed by atoms with Crippen LogP contribution in [0.15, 0.2) is 6.33 Å². The molecule has 1 N–H and O–H groups in total. The predicted molar refractivity (Wildman–Crippen MR) is 59.0 cm³/mol. The van der Waals surface area contributed by atoms with Crippen LogP contribution in [0.3, 0.4) is 0 Å². The Labute approximate surface area is 99.4 Å². The van der Waals surface area contributed by atoms with Gasteiger partial charge in [0.05, 0.1) is 0 Å². The molecule has 1 aromatic heterocycles. The molecule has 0 saturated heterocycles. The number of hydrogen-bond donors (Lipinski definition) is 1. The zero-order valence-corrected chi connectivity index (χ0v) is 9.88. The maximum absolute atomic E-state index is 11.7. The van der Waals surface area contributed by atoms with Crippen LogP contribution >= 0.6 is 0 Å². The number of nitriles is 1. The number of ether oxygens (including phenoxy) is 1. The minimum atomic E-state index is -0.479. The van der Waals surface area contributed by atoms with Crippen LogP contribution in [-0.2, 0) is 9.53 Å². The molecule has 7 heteroatoms. The van der Waals surface area contributed by atoms with Gasteiger partial charge < -0.3 is 10.1 Å². The molecule has 1 amide bonds. The summed E-state index contributed by atoms with van der Waals surface area (Å²) >= 11 is 0. The first-order valence-corrected chi connectivity index (χ1v) is 5.27. The fraction of sp³-hybridized carbons (Fsp3) is 0.600. The highest BCUT2D eigenvalue weighted by Crippen LogP contribution is 2.03. The van der Waals surface area contributed by atoms with Crippen molar-refractivity contribution in [2.45, 2.75) is 19.4 Å². The summed E-state index contributed by atoms with van der Waals surface area (Å²) in [6.07, 6.45) is 2.13. The van der Waals surface area contributed by atoms with Crippen molar-refractivity contribution < 1.29 is 9.53 Å². The van der Waals surface area contributed by atoms with E-state index in [1.807, 2.05) is 6.07 Å². The minimum Gasteiger partial charge on any atom is -0.385 e. The van der Waals surface area contributed by atoms with Crippen LogP contribution in [-0.4, -0.2) is 40.9 Å². The summed E-state index contributed by atoms with van der Waals surface area (Å²) in [5, 5.41) is 15.2. The van der Waals surface area contributed by atoms with Gasteiger partial charge in [0, 0.05) is 20.3 Å². The summed E-state index contributed by atoms with van der Waals surface area (Å²) in [6, 6.07) is 1.33. The number of carbonyl (C=O) groups excluding carboxylic acids is 1. The topological polar surface area (TPSA) is 92.8 Å². The van der Waals surface area contributed by atoms with E-state index in [1.54, 1.807) is 14.0 Å². The molecule has 0 bridgehead atoms. The third-order valence-corrected chi connectivity index (χ3v) is 2.21. The molecule has 0 radical (unpaired) electrons. The van der Waals surface area contributed by atoms with Crippen molar-refractivity contribution in [2.75, 3.05) is 20.3 Å². The Hall–Kier alpha value is -1.94. The van der Waals surface area contributed by atoms with Crippen molar-refractivity contribution in [3.05, 3.63) is 12.2 Å². The fourth-order valence-electron chi connectivity index (χ4n) is 1.21. The normalized spacial score (nSPS) is 11.8. The van der Waals surface area contributed by atoms with Gasteiger partial charge in [0.15, 0.2) is 0 Å². The molecule has 0 fully saturated rings. The molecule has 92 valence electrons. The first kappa shape index (κ1) is 13.1. The molecular formula is C10H15N5O2. The molecule has 1 atom stereocenters. The third-order valence-electron chi connectivity index (χ3n) is 2.21. The highest BCUT2D eigenvalue weighted by Gasteiger charge is 2.15. The summed E-state index contributed by atoms with van der Waals surface area (Å²) in [5.74, 6) is -0.0977. The van der Waals surface area contributed by atoms with Crippen LogP contribution in [0, 0.1) is 11.3 Å². The smallest absolute Gasteiger partial charge is 0.252 e. The maximum Gasteiger partial charge on any atom is 0.252 e. The largest absolute Gasteiger partial charge is 0.385 e. The molecule has 0 aromatic carbocycles. The highest BCUT2D eigenvalue weighted by atomic mass is 16.5. The molecule has 1 heterocycles. The first-order chi connectivity index (χ1) is 8.19. The van der Waals surface area contributed by atoms with Gasteiger partial charge in [-0.3, -0.25) is 4.79 Å². The van der Waals surface area contributed by atoms with Crippen molar-refractivity contribution in [1.82, 2.24) is 20.1 Å². The van der Waals surface area contributed by atoms with Crippen molar-refractivity contribution in [3.63, 3.8) is 0 Å². The van der Waals surface area contributed by atoms with Gasteiger partial charge in [0.1, 0.15) is 18.4 Å². The zero-order valence-electron chi connectivity index (χ0n) is 9.88. The van der Waals surface area contributed by atoms with Crippen LogP contribution in [0.25, 0.3) is 0 Å². The molecule has 0 spiro atoms. The van der Waals surface area contributed by atoms with Crippen molar-refractivity contribution in [1.29, 1.82) is 5.26 Å². The summed E-state index contributed by atoms with van der Waals surface area (Å²) in [5.41, 5.74) is 0. The number of nitrogens with zero attached hydrogens (tertiary/aromatic N) is 4. The van der Waals surface area contributed by atoms with Gasteiger partial charge in [-0.2, -0.15) is 5.26 Å². The molecular weight excluding hydrogens is 222 g/mol. The minimum absolute atomic E-state index is 0.0593. The van der Waals surface area contributed by atoms with E-state index in [0.29, 0.717) is 13.2 Å². The number of nitrogens with one attached hydrogen (secondary N) is 1. The molecule has 0 aliphatic heterocycles. The lowest BCUT2D eigenvalue weighted by Crippen LogP contribution is -2.32. The quantitative estimate of drug-likeness (QED) is 0.695. The molecule has 0 saturated carbocycles. The van der Waals surface area contributed by atoms with Crippen LogP contribution in [0.2, 0.25) is 0 Å². The average molecular weight is 237 g/mol. The van der Waals surface area contributed by atoms with Gasteiger partial charge in [0.2, 0.25) is 5.91 Å². The van der Waals surface area contributed by atoms with E-state index in [9.17, 15) is 4.79 Å². The second kappa shape index (κ2) is 6.60. The number of amides is 1.